The van der Waals surface area contributed by atoms with Crippen molar-refractivity contribution in [2.75, 3.05) is 13.2 Å². The summed E-state index contributed by atoms with van der Waals surface area (Å²) in [6.45, 7) is 10.3. The molecule has 2 unspecified atom stereocenters. The Morgan fingerprint density at radius 2 is 2.20 bits per heavy atom. The van der Waals surface area contributed by atoms with E-state index >= 15 is 0 Å². The van der Waals surface area contributed by atoms with Crippen LogP contribution < -0.4 is 5.32 Å². The maximum Gasteiger partial charge on any atom is 0.0655 e. The van der Waals surface area contributed by atoms with E-state index in [2.05, 4.69) is 37.9 Å². The molecule has 1 aliphatic rings. The molecular formula is C13H23NO. The lowest BCUT2D eigenvalue weighted by atomic mass is 9.64. The lowest BCUT2D eigenvalue weighted by Crippen LogP contribution is -2.61. The maximum absolute atomic E-state index is 5.68. The molecule has 0 heterocycles. The van der Waals surface area contributed by atoms with Crippen LogP contribution in [0.4, 0.5) is 0 Å². The van der Waals surface area contributed by atoms with E-state index in [0.717, 1.165) is 26.0 Å². The number of hydrogen-bond acceptors (Lipinski definition) is 2. The van der Waals surface area contributed by atoms with Crippen molar-refractivity contribution >= 4 is 0 Å². The fourth-order valence-electron chi connectivity index (χ4n) is 2.15. The Balaban J connectivity index is 2.24. The van der Waals surface area contributed by atoms with Gasteiger partial charge >= 0.3 is 0 Å². The third-order valence-electron chi connectivity index (χ3n) is 3.36. The van der Waals surface area contributed by atoms with Gasteiger partial charge in [-0.15, -0.1) is 11.8 Å². The molecule has 1 aliphatic carbocycles. The maximum atomic E-state index is 5.68. The van der Waals surface area contributed by atoms with E-state index in [1.807, 2.05) is 6.92 Å². The van der Waals surface area contributed by atoms with E-state index in [1.54, 1.807) is 0 Å². The van der Waals surface area contributed by atoms with Crippen LogP contribution in [0, 0.1) is 17.3 Å². The van der Waals surface area contributed by atoms with Crippen LogP contribution in [-0.4, -0.2) is 25.3 Å². The second-order valence-electron chi connectivity index (χ2n) is 4.68. The summed E-state index contributed by atoms with van der Waals surface area (Å²) in [6.07, 6.45) is 2.51. The molecule has 0 aromatic rings. The predicted octanol–water partition coefficient (Wildman–Crippen LogP) is 2.19. The van der Waals surface area contributed by atoms with Crippen molar-refractivity contribution in [2.45, 2.75) is 52.7 Å². The van der Waals surface area contributed by atoms with Gasteiger partial charge in [-0.3, -0.25) is 0 Å². The largest absolute Gasteiger partial charge is 0.378 e. The second kappa shape index (κ2) is 5.53. The monoisotopic (exact) mass is 209 g/mol. The Morgan fingerprint density at radius 1 is 1.47 bits per heavy atom. The van der Waals surface area contributed by atoms with Crippen LogP contribution in [0.2, 0.25) is 0 Å². The average Bonchev–Trinajstić information content (AvgIpc) is 2.21. The number of rotatable bonds is 5. The molecular weight excluding hydrogens is 186 g/mol. The van der Waals surface area contributed by atoms with Gasteiger partial charge in [-0.05, 0) is 20.3 Å². The standard InChI is InChI=1S/C13H23NO/c1-5-7-8-9-14-11-10-12(15-6-2)13(11,3)4/h11-12,14H,6,8-10H2,1-4H3. The van der Waals surface area contributed by atoms with Crippen molar-refractivity contribution in [3.8, 4) is 11.8 Å². The molecule has 0 saturated heterocycles. The molecule has 15 heavy (non-hydrogen) atoms. The predicted molar refractivity (Wildman–Crippen MR) is 63.7 cm³/mol. The highest BCUT2D eigenvalue weighted by atomic mass is 16.5. The molecule has 0 aromatic heterocycles. The minimum atomic E-state index is 0.273. The highest BCUT2D eigenvalue weighted by Crippen LogP contribution is 2.42. The zero-order valence-corrected chi connectivity index (χ0v) is 10.4. The van der Waals surface area contributed by atoms with Crippen molar-refractivity contribution in [1.82, 2.24) is 5.32 Å². The Hall–Kier alpha value is -0.520. The van der Waals surface area contributed by atoms with Crippen LogP contribution in [0.15, 0.2) is 0 Å². The molecule has 2 nitrogen and oxygen atoms in total. The Bertz CT molecular complexity index is 249. The van der Waals surface area contributed by atoms with Gasteiger partial charge in [-0.2, -0.15) is 0 Å². The number of nitrogens with one attached hydrogen (secondary N) is 1. The SMILES string of the molecule is CC#CCCNC1CC(OCC)C1(C)C. The molecule has 1 N–H and O–H groups in total. The van der Waals surface area contributed by atoms with Crippen LogP contribution >= 0.6 is 0 Å². The molecule has 1 rings (SSSR count). The quantitative estimate of drug-likeness (QED) is 0.553. The van der Waals surface area contributed by atoms with Crippen LogP contribution in [0.5, 0.6) is 0 Å². The van der Waals surface area contributed by atoms with Gasteiger partial charge < -0.3 is 10.1 Å². The zero-order valence-electron chi connectivity index (χ0n) is 10.4. The third-order valence-corrected chi connectivity index (χ3v) is 3.36. The lowest BCUT2D eigenvalue weighted by Gasteiger charge is -2.51. The summed E-state index contributed by atoms with van der Waals surface area (Å²) in [7, 11) is 0. The van der Waals surface area contributed by atoms with Gasteiger partial charge in [0.25, 0.3) is 0 Å². The molecule has 0 amide bonds. The molecule has 1 fully saturated rings. The summed E-state index contributed by atoms with van der Waals surface area (Å²) in [6, 6.07) is 0.590. The van der Waals surface area contributed by atoms with Crippen LogP contribution in [0.1, 0.15) is 40.5 Å². The molecule has 2 heteroatoms. The Kier molecular flexibility index (Phi) is 4.63. The molecule has 0 radical (unpaired) electrons. The average molecular weight is 209 g/mol. The third kappa shape index (κ3) is 2.96. The van der Waals surface area contributed by atoms with E-state index in [9.17, 15) is 0 Å². The van der Waals surface area contributed by atoms with E-state index in [-0.39, 0.29) is 5.41 Å². The summed E-state index contributed by atoms with van der Waals surface area (Å²) in [5, 5.41) is 3.55. The van der Waals surface area contributed by atoms with Crippen molar-refractivity contribution < 1.29 is 4.74 Å². The second-order valence-corrected chi connectivity index (χ2v) is 4.68. The minimum Gasteiger partial charge on any atom is -0.378 e. The van der Waals surface area contributed by atoms with Crippen molar-refractivity contribution in [2.24, 2.45) is 5.41 Å². The van der Waals surface area contributed by atoms with Gasteiger partial charge in [0.2, 0.25) is 0 Å². The first-order valence-electron chi connectivity index (χ1n) is 5.87. The molecule has 0 spiro atoms. The molecule has 0 aliphatic heterocycles. The van der Waals surface area contributed by atoms with E-state index in [0.29, 0.717) is 12.1 Å². The van der Waals surface area contributed by atoms with Crippen molar-refractivity contribution in [3.05, 3.63) is 0 Å². The smallest absolute Gasteiger partial charge is 0.0655 e. The minimum absolute atomic E-state index is 0.273. The first-order valence-corrected chi connectivity index (χ1v) is 5.87. The fraction of sp³-hybridized carbons (Fsp3) is 0.846. The molecule has 86 valence electrons. The lowest BCUT2D eigenvalue weighted by molar-refractivity contribution is -0.113. The molecule has 1 saturated carbocycles. The summed E-state index contributed by atoms with van der Waals surface area (Å²) in [5.74, 6) is 5.98. The van der Waals surface area contributed by atoms with Gasteiger partial charge in [0, 0.05) is 31.0 Å². The molecule has 0 bridgehead atoms. The van der Waals surface area contributed by atoms with Gasteiger partial charge in [0.05, 0.1) is 6.10 Å². The van der Waals surface area contributed by atoms with E-state index in [4.69, 9.17) is 4.74 Å². The Morgan fingerprint density at radius 3 is 2.73 bits per heavy atom. The van der Waals surface area contributed by atoms with Crippen LogP contribution in [0.3, 0.4) is 0 Å². The van der Waals surface area contributed by atoms with Gasteiger partial charge in [0.15, 0.2) is 0 Å². The van der Waals surface area contributed by atoms with Crippen molar-refractivity contribution in [1.29, 1.82) is 0 Å². The summed E-state index contributed by atoms with van der Waals surface area (Å²) < 4.78 is 5.68. The van der Waals surface area contributed by atoms with Crippen LogP contribution in [-0.2, 0) is 4.74 Å². The summed E-state index contributed by atoms with van der Waals surface area (Å²) >= 11 is 0. The van der Waals surface area contributed by atoms with Gasteiger partial charge in [-0.1, -0.05) is 13.8 Å². The highest BCUT2D eigenvalue weighted by Gasteiger charge is 2.48. The Labute approximate surface area is 93.8 Å². The topological polar surface area (TPSA) is 21.3 Å². The van der Waals surface area contributed by atoms with E-state index < -0.39 is 0 Å². The first kappa shape index (κ1) is 12.5. The first-order chi connectivity index (χ1) is 7.12. The van der Waals surface area contributed by atoms with Crippen molar-refractivity contribution in [3.63, 3.8) is 0 Å². The summed E-state index contributed by atoms with van der Waals surface area (Å²) in [4.78, 5) is 0. The highest BCUT2D eigenvalue weighted by molar-refractivity contribution is 5.03. The zero-order chi connectivity index (χ0) is 11.3. The van der Waals surface area contributed by atoms with Crippen LogP contribution in [0.25, 0.3) is 0 Å². The van der Waals surface area contributed by atoms with Gasteiger partial charge in [0.1, 0.15) is 0 Å². The van der Waals surface area contributed by atoms with E-state index in [1.165, 1.54) is 0 Å². The normalized spacial score (nSPS) is 27.7. The molecule has 2 atom stereocenters. The summed E-state index contributed by atoms with van der Waals surface area (Å²) in [5.41, 5.74) is 0.273. The molecule has 0 aromatic carbocycles. The number of hydrogen-bond donors (Lipinski definition) is 1. The fourth-order valence-corrected chi connectivity index (χ4v) is 2.15. The van der Waals surface area contributed by atoms with Gasteiger partial charge in [-0.25, -0.2) is 0 Å². The number of ether oxygens (including phenoxy) is 1.